The largest absolute Gasteiger partial charge is 0.385 e. The van der Waals surface area contributed by atoms with Gasteiger partial charge in [0.15, 0.2) is 0 Å². The van der Waals surface area contributed by atoms with Crippen molar-refractivity contribution in [2.24, 2.45) is 5.92 Å². The van der Waals surface area contributed by atoms with Crippen molar-refractivity contribution in [3.05, 3.63) is 19.9 Å². The standard InChI is InChI=1S/C8H9IOS/c1-5-3-8(5,10)6-2-7(9)11-4-6/h2,4-5,10H,3H2,1H3. The molecule has 1 fully saturated rings. The van der Waals surface area contributed by atoms with Crippen LogP contribution in [0.25, 0.3) is 0 Å². The van der Waals surface area contributed by atoms with Gasteiger partial charge in [0, 0.05) is 0 Å². The van der Waals surface area contributed by atoms with Gasteiger partial charge in [0.05, 0.1) is 8.48 Å². The average Bonchev–Trinajstić information content (AvgIpc) is 2.44. The van der Waals surface area contributed by atoms with E-state index in [1.807, 2.05) is 0 Å². The summed E-state index contributed by atoms with van der Waals surface area (Å²) < 4.78 is 1.25. The van der Waals surface area contributed by atoms with Crippen LogP contribution < -0.4 is 0 Å². The number of thiophene rings is 1. The molecule has 0 spiro atoms. The first-order chi connectivity index (χ1) is 5.13. The Labute approximate surface area is 83.6 Å². The van der Waals surface area contributed by atoms with Crippen molar-refractivity contribution in [1.29, 1.82) is 0 Å². The lowest BCUT2D eigenvalue weighted by Crippen LogP contribution is -2.05. The molecule has 1 nitrogen and oxygen atoms in total. The van der Waals surface area contributed by atoms with Crippen LogP contribution in [0.2, 0.25) is 0 Å². The third kappa shape index (κ3) is 1.23. The molecule has 2 rings (SSSR count). The maximum Gasteiger partial charge on any atom is 0.0935 e. The normalized spacial score (nSPS) is 35.7. The maximum atomic E-state index is 9.89. The van der Waals surface area contributed by atoms with E-state index in [0.717, 1.165) is 12.0 Å². The van der Waals surface area contributed by atoms with Gasteiger partial charge in [-0.15, -0.1) is 11.3 Å². The third-order valence-electron chi connectivity index (χ3n) is 2.34. The van der Waals surface area contributed by atoms with E-state index in [1.165, 1.54) is 2.88 Å². The Balaban J connectivity index is 2.31. The molecule has 1 aromatic heterocycles. The topological polar surface area (TPSA) is 20.2 Å². The molecule has 0 aromatic carbocycles. The van der Waals surface area contributed by atoms with Crippen molar-refractivity contribution in [2.45, 2.75) is 18.9 Å². The van der Waals surface area contributed by atoms with Crippen LogP contribution in [-0.2, 0) is 5.60 Å². The minimum atomic E-state index is -0.472. The molecule has 3 heteroatoms. The number of hydrogen-bond acceptors (Lipinski definition) is 2. The lowest BCUT2D eigenvalue weighted by molar-refractivity contribution is 0.135. The summed E-state index contributed by atoms with van der Waals surface area (Å²) in [5.41, 5.74) is 0.638. The van der Waals surface area contributed by atoms with Gasteiger partial charge in [0.25, 0.3) is 0 Å². The molecule has 11 heavy (non-hydrogen) atoms. The quantitative estimate of drug-likeness (QED) is 0.784. The van der Waals surface area contributed by atoms with Crippen LogP contribution in [-0.4, -0.2) is 5.11 Å². The predicted octanol–water partition coefficient (Wildman–Crippen LogP) is 2.58. The number of aliphatic hydroxyl groups is 1. The van der Waals surface area contributed by atoms with Gasteiger partial charge < -0.3 is 5.11 Å². The Kier molecular flexibility index (Phi) is 1.77. The molecule has 0 amide bonds. The van der Waals surface area contributed by atoms with Crippen molar-refractivity contribution in [2.75, 3.05) is 0 Å². The second kappa shape index (κ2) is 2.44. The van der Waals surface area contributed by atoms with Gasteiger partial charge in [-0.3, -0.25) is 0 Å². The Morgan fingerprint density at radius 2 is 2.45 bits per heavy atom. The van der Waals surface area contributed by atoms with Crippen LogP contribution in [0.1, 0.15) is 18.9 Å². The zero-order valence-corrected chi connectivity index (χ0v) is 9.15. The fourth-order valence-corrected chi connectivity index (χ4v) is 2.77. The minimum absolute atomic E-state index is 0.452. The number of halogens is 1. The number of hydrogen-bond donors (Lipinski definition) is 1. The zero-order valence-electron chi connectivity index (χ0n) is 6.17. The summed E-state index contributed by atoms with van der Waals surface area (Å²) in [6.45, 7) is 2.09. The fourth-order valence-electron chi connectivity index (χ4n) is 1.35. The van der Waals surface area contributed by atoms with E-state index in [1.54, 1.807) is 11.3 Å². The molecule has 1 heterocycles. The van der Waals surface area contributed by atoms with E-state index in [9.17, 15) is 5.11 Å². The zero-order chi connectivity index (χ0) is 8.06. The molecular weight excluding hydrogens is 271 g/mol. The van der Waals surface area contributed by atoms with Crippen molar-refractivity contribution in [3.8, 4) is 0 Å². The van der Waals surface area contributed by atoms with E-state index in [-0.39, 0.29) is 0 Å². The minimum Gasteiger partial charge on any atom is -0.385 e. The van der Waals surface area contributed by atoms with E-state index in [0.29, 0.717) is 5.92 Å². The molecule has 1 aromatic rings. The van der Waals surface area contributed by atoms with E-state index in [4.69, 9.17) is 0 Å². The molecule has 0 bridgehead atoms. The third-order valence-corrected chi connectivity index (χ3v) is 4.13. The van der Waals surface area contributed by atoms with Gasteiger partial charge in [-0.25, -0.2) is 0 Å². The Morgan fingerprint density at radius 3 is 2.82 bits per heavy atom. The SMILES string of the molecule is CC1CC1(O)c1csc(I)c1. The Hall–Kier alpha value is 0.390. The van der Waals surface area contributed by atoms with Gasteiger partial charge >= 0.3 is 0 Å². The summed E-state index contributed by atoms with van der Waals surface area (Å²) in [6.07, 6.45) is 0.930. The van der Waals surface area contributed by atoms with Gasteiger partial charge in [-0.2, -0.15) is 0 Å². The Morgan fingerprint density at radius 1 is 1.82 bits per heavy atom. The van der Waals surface area contributed by atoms with E-state index >= 15 is 0 Å². The first kappa shape index (κ1) is 8.01. The fraction of sp³-hybridized carbons (Fsp3) is 0.500. The summed E-state index contributed by atoms with van der Waals surface area (Å²) >= 11 is 3.98. The molecule has 1 N–H and O–H groups in total. The summed E-state index contributed by atoms with van der Waals surface area (Å²) in [5.74, 6) is 0.452. The van der Waals surface area contributed by atoms with Gasteiger partial charge in [-0.1, -0.05) is 6.92 Å². The maximum absolute atomic E-state index is 9.89. The molecule has 1 aliphatic carbocycles. The lowest BCUT2D eigenvalue weighted by atomic mass is 10.1. The first-order valence-corrected chi connectivity index (χ1v) is 5.55. The highest BCUT2D eigenvalue weighted by molar-refractivity contribution is 14.1. The molecule has 1 saturated carbocycles. The second-order valence-corrected chi connectivity index (χ2v) is 5.97. The van der Waals surface area contributed by atoms with E-state index < -0.39 is 5.60 Å². The molecule has 1 aliphatic rings. The molecule has 0 aliphatic heterocycles. The lowest BCUT2D eigenvalue weighted by Gasteiger charge is -2.04. The van der Waals surface area contributed by atoms with Crippen LogP contribution in [0.4, 0.5) is 0 Å². The summed E-state index contributed by atoms with van der Waals surface area (Å²) in [5, 5.41) is 11.9. The number of rotatable bonds is 1. The van der Waals surface area contributed by atoms with Crippen LogP contribution in [0, 0.1) is 8.80 Å². The molecule has 0 saturated heterocycles. The molecule has 2 unspecified atom stereocenters. The van der Waals surface area contributed by atoms with Crippen LogP contribution in [0.15, 0.2) is 11.4 Å². The predicted molar refractivity (Wildman–Crippen MR) is 54.7 cm³/mol. The van der Waals surface area contributed by atoms with Crippen molar-refractivity contribution >= 4 is 33.9 Å². The van der Waals surface area contributed by atoms with Gasteiger partial charge in [0.2, 0.25) is 0 Å². The summed E-state index contributed by atoms with van der Waals surface area (Å²) in [7, 11) is 0. The van der Waals surface area contributed by atoms with E-state index in [2.05, 4.69) is 41.0 Å². The highest BCUT2D eigenvalue weighted by Gasteiger charge is 2.51. The Bertz CT molecular complexity index is 283. The van der Waals surface area contributed by atoms with Crippen molar-refractivity contribution in [3.63, 3.8) is 0 Å². The molecular formula is C8H9IOS. The highest BCUT2D eigenvalue weighted by atomic mass is 127. The van der Waals surface area contributed by atoms with Crippen LogP contribution in [0.3, 0.4) is 0 Å². The van der Waals surface area contributed by atoms with Gasteiger partial charge in [-0.05, 0) is 51.9 Å². The second-order valence-electron chi connectivity index (χ2n) is 3.17. The average molecular weight is 280 g/mol. The highest BCUT2D eigenvalue weighted by Crippen LogP contribution is 2.52. The monoisotopic (exact) mass is 280 g/mol. The van der Waals surface area contributed by atoms with Crippen molar-refractivity contribution in [1.82, 2.24) is 0 Å². The van der Waals surface area contributed by atoms with Crippen molar-refractivity contribution < 1.29 is 5.11 Å². The molecule has 2 atom stereocenters. The van der Waals surface area contributed by atoms with Crippen LogP contribution >= 0.6 is 33.9 Å². The summed E-state index contributed by atoms with van der Waals surface area (Å²) in [6, 6.07) is 2.08. The molecule has 60 valence electrons. The van der Waals surface area contributed by atoms with Gasteiger partial charge in [0.1, 0.15) is 0 Å². The molecule has 0 radical (unpaired) electrons. The van der Waals surface area contributed by atoms with Crippen LogP contribution in [0.5, 0.6) is 0 Å². The smallest absolute Gasteiger partial charge is 0.0935 e. The first-order valence-electron chi connectivity index (χ1n) is 3.60. The summed E-state index contributed by atoms with van der Waals surface area (Å²) in [4.78, 5) is 0.